The minimum absolute atomic E-state index is 0.0195. The van der Waals surface area contributed by atoms with E-state index >= 15 is 0 Å². The fourth-order valence-electron chi connectivity index (χ4n) is 4.88. The number of hydrogen-bond acceptors (Lipinski definition) is 20. The van der Waals surface area contributed by atoms with Crippen molar-refractivity contribution in [2.75, 3.05) is 13.2 Å². The quantitative estimate of drug-likeness (QED) is 0.146. The van der Waals surface area contributed by atoms with Crippen LogP contribution in [-0.2, 0) is 85.7 Å². The summed E-state index contributed by atoms with van der Waals surface area (Å²) in [6.45, 7) is 9.88. The van der Waals surface area contributed by atoms with Gasteiger partial charge in [0.05, 0.1) is 6.10 Å². The molecule has 0 bridgehead atoms. The summed E-state index contributed by atoms with van der Waals surface area (Å²) in [5.41, 5.74) is -1.22. The zero-order valence-electron chi connectivity index (χ0n) is 28.9. The fraction of sp³-hybridized carbons (Fsp3) is 0.733. The summed E-state index contributed by atoms with van der Waals surface area (Å²) in [7, 11) is 0. The van der Waals surface area contributed by atoms with E-state index in [2.05, 4.69) is 0 Å². The van der Waals surface area contributed by atoms with E-state index in [9.17, 15) is 33.6 Å². The Morgan fingerprint density at radius 1 is 0.560 bits per heavy atom. The van der Waals surface area contributed by atoms with Crippen LogP contribution in [0.2, 0.25) is 0 Å². The second-order valence-electron chi connectivity index (χ2n) is 11.2. The van der Waals surface area contributed by atoms with Crippen LogP contribution < -0.4 is 0 Å². The van der Waals surface area contributed by atoms with Crippen molar-refractivity contribution in [2.45, 2.75) is 129 Å². The Morgan fingerprint density at radius 3 is 1.40 bits per heavy atom. The molecule has 0 aromatic heterocycles. The molecule has 2 aliphatic heterocycles. The average molecular weight is 755 g/mol. The highest BCUT2D eigenvalue weighted by Gasteiger charge is 2.57. The zero-order chi connectivity index (χ0) is 37.9. The lowest BCUT2D eigenvalue weighted by Crippen LogP contribution is -2.66. The Morgan fingerprint density at radius 2 is 0.960 bits per heavy atom. The summed E-state index contributed by atoms with van der Waals surface area (Å²) < 4.78 is 61.9. The lowest BCUT2D eigenvalue weighted by molar-refractivity contribution is -0.341. The van der Waals surface area contributed by atoms with Gasteiger partial charge in [-0.05, 0) is 37.8 Å². The largest absolute Gasteiger partial charge is 0.476 e. The highest BCUT2D eigenvalue weighted by atomic mass is 32.2. The lowest BCUT2D eigenvalue weighted by atomic mass is 9.96. The zero-order valence-corrected chi connectivity index (χ0v) is 30.6. The Balaban J connectivity index is 2.74. The van der Waals surface area contributed by atoms with Gasteiger partial charge in [-0.1, -0.05) is 0 Å². The molecule has 0 N–H and O–H groups in total. The van der Waals surface area contributed by atoms with Crippen molar-refractivity contribution in [3.63, 3.8) is 0 Å². The van der Waals surface area contributed by atoms with Gasteiger partial charge in [0.2, 0.25) is 4.38 Å². The molecule has 20 heteroatoms. The highest BCUT2D eigenvalue weighted by molar-refractivity contribution is 8.22. The van der Waals surface area contributed by atoms with E-state index < -0.39 is 116 Å². The van der Waals surface area contributed by atoms with Crippen LogP contribution in [0.15, 0.2) is 0 Å². The van der Waals surface area contributed by atoms with Crippen LogP contribution in [0.4, 0.5) is 0 Å². The summed E-state index contributed by atoms with van der Waals surface area (Å²) in [5.74, 6) is -5.81. The lowest BCUT2D eigenvalue weighted by Gasteiger charge is -2.48. The van der Waals surface area contributed by atoms with Crippen molar-refractivity contribution in [1.82, 2.24) is 0 Å². The second-order valence-corrected chi connectivity index (χ2v) is 12.9. The number of esters is 7. The molecule has 2 saturated heterocycles. The van der Waals surface area contributed by atoms with Crippen molar-refractivity contribution in [2.24, 2.45) is 0 Å². The molecule has 0 amide bonds. The molecule has 2 heterocycles. The number of thioether (sulfide) groups is 1. The normalized spacial score (nSPS) is 29.1. The molecule has 18 nitrogen and oxygen atoms in total. The summed E-state index contributed by atoms with van der Waals surface area (Å²) in [5, 5.41) is 0. The number of ether oxygens (including phenoxy) is 11. The van der Waals surface area contributed by atoms with E-state index in [-0.39, 0.29) is 10.5 Å². The third-order valence-corrected chi connectivity index (χ3v) is 7.72. The molecule has 0 saturated carbocycles. The van der Waals surface area contributed by atoms with Gasteiger partial charge in [0.15, 0.2) is 42.2 Å². The van der Waals surface area contributed by atoms with Crippen molar-refractivity contribution in [1.29, 1.82) is 0 Å². The molecule has 10 atom stereocenters. The summed E-state index contributed by atoms with van der Waals surface area (Å²) in [6.07, 6.45) is -14.2. The first-order valence-electron chi connectivity index (χ1n) is 15.2. The van der Waals surface area contributed by atoms with Crippen molar-refractivity contribution >= 4 is 70.1 Å². The van der Waals surface area contributed by atoms with Crippen molar-refractivity contribution in [3.8, 4) is 0 Å². The summed E-state index contributed by atoms with van der Waals surface area (Å²) in [4.78, 5) is 85.3. The van der Waals surface area contributed by atoms with E-state index in [0.717, 1.165) is 60.2 Å². The number of thiocarbonyl (C=S) groups is 1. The van der Waals surface area contributed by atoms with Crippen LogP contribution in [0.5, 0.6) is 0 Å². The Labute approximate surface area is 297 Å². The van der Waals surface area contributed by atoms with E-state index in [1.165, 1.54) is 0 Å². The van der Waals surface area contributed by atoms with E-state index in [1.807, 2.05) is 0 Å². The molecule has 282 valence electrons. The van der Waals surface area contributed by atoms with Crippen molar-refractivity contribution < 1.29 is 85.7 Å². The molecule has 0 aromatic rings. The Bertz CT molecular complexity index is 1270. The molecule has 0 aromatic carbocycles. The molecule has 0 aliphatic carbocycles. The monoisotopic (exact) mass is 754 g/mol. The SMILES string of the molecule is CC(=O)OC[C@H]1O[C@@H](O[C@H]2[C@H](OC(C)=O)[C@@H](OC(C)=O)C(SC(=S)OC(C)C)O[C@@H]2COC(C)=O)[C@H](OC(C)=O)[C@@H](OC(C)=O)[C@@H]1OC(C)=O. The van der Waals surface area contributed by atoms with Crippen molar-refractivity contribution in [3.05, 3.63) is 0 Å². The standard InChI is InChI=1S/C30H42O18S2/c1-12(2)40-30(49)50-29-27(45-19(9)37)25(43-17(7)35)23(21(47-29)11-39-14(4)32)48-28-26(44-18(8)36)24(42-16(6)34)22(41-15(5)33)20(46-28)10-38-13(3)31/h12,20-29H,10-11H2,1-9H3/t20-,21-,22-,23-,24+,25+,26-,27-,28+,29?/m1/s1. The molecule has 1 unspecified atom stereocenters. The van der Waals surface area contributed by atoms with Crippen LogP contribution in [-0.4, -0.2) is 126 Å². The van der Waals surface area contributed by atoms with Gasteiger partial charge in [-0.3, -0.25) is 33.6 Å². The minimum atomic E-state index is -1.78. The summed E-state index contributed by atoms with van der Waals surface area (Å²) >= 11 is 6.14. The van der Waals surface area contributed by atoms with Crippen LogP contribution in [0.25, 0.3) is 0 Å². The van der Waals surface area contributed by atoms with Gasteiger partial charge < -0.3 is 52.1 Å². The van der Waals surface area contributed by atoms with Crippen LogP contribution in [0.3, 0.4) is 0 Å². The maximum atomic E-state index is 12.5. The van der Waals surface area contributed by atoms with Gasteiger partial charge in [0.25, 0.3) is 0 Å². The first-order chi connectivity index (χ1) is 23.3. The molecule has 0 radical (unpaired) electrons. The maximum Gasteiger partial charge on any atom is 0.303 e. The number of hydrogen-bond donors (Lipinski definition) is 0. The highest BCUT2D eigenvalue weighted by Crippen LogP contribution is 2.38. The van der Waals surface area contributed by atoms with Gasteiger partial charge in [-0.2, -0.15) is 0 Å². The number of carbonyl (C=O) groups is 7. The molecule has 50 heavy (non-hydrogen) atoms. The smallest absolute Gasteiger partial charge is 0.303 e. The molecule has 0 spiro atoms. The Hall–Kier alpha value is -3.59. The topological polar surface area (TPSA) is 221 Å². The van der Waals surface area contributed by atoms with Gasteiger partial charge in [0.1, 0.15) is 31.5 Å². The molecular weight excluding hydrogens is 712 g/mol. The van der Waals surface area contributed by atoms with E-state index in [0.29, 0.717) is 0 Å². The van der Waals surface area contributed by atoms with Crippen LogP contribution in [0, 0.1) is 0 Å². The van der Waals surface area contributed by atoms with Gasteiger partial charge in [-0.15, -0.1) is 0 Å². The number of rotatable bonds is 13. The minimum Gasteiger partial charge on any atom is -0.476 e. The average Bonchev–Trinajstić information content (AvgIpc) is 2.95. The van der Waals surface area contributed by atoms with Crippen LogP contribution in [0.1, 0.15) is 62.3 Å². The Kier molecular flexibility index (Phi) is 16.8. The summed E-state index contributed by atoms with van der Waals surface area (Å²) in [6, 6.07) is 0. The van der Waals surface area contributed by atoms with Gasteiger partial charge in [-0.25, -0.2) is 0 Å². The predicted molar refractivity (Wildman–Crippen MR) is 170 cm³/mol. The van der Waals surface area contributed by atoms with Gasteiger partial charge in [0, 0.05) is 48.5 Å². The number of carbonyl (C=O) groups excluding carboxylic acids is 7. The molecule has 2 fully saturated rings. The van der Waals surface area contributed by atoms with Gasteiger partial charge >= 0.3 is 41.8 Å². The first-order valence-corrected chi connectivity index (χ1v) is 16.5. The third kappa shape index (κ3) is 13.6. The molecular formula is C30H42O18S2. The van der Waals surface area contributed by atoms with Crippen LogP contribution >= 0.6 is 24.0 Å². The predicted octanol–water partition coefficient (Wildman–Crippen LogP) is 1.05. The fourth-order valence-corrected chi connectivity index (χ4v) is 6.34. The first kappa shape index (κ1) is 42.6. The molecule has 2 aliphatic rings. The maximum absolute atomic E-state index is 12.5. The molecule has 2 rings (SSSR count). The third-order valence-electron chi connectivity index (χ3n) is 6.43. The van der Waals surface area contributed by atoms with E-state index in [1.54, 1.807) is 13.8 Å². The van der Waals surface area contributed by atoms with E-state index in [4.69, 9.17) is 64.3 Å². The second kappa shape index (κ2) is 19.7.